The normalized spacial score (nSPS) is 21.8. The van der Waals surface area contributed by atoms with Crippen LogP contribution in [0.4, 0.5) is 0 Å². The van der Waals surface area contributed by atoms with Crippen molar-refractivity contribution in [2.75, 3.05) is 0 Å². The molecule has 1 aliphatic carbocycles. The maximum atomic E-state index is 7.45. The molecular formula is C12H13N. The Bertz CT molecular complexity index is 324. The summed E-state index contributed by atoms with van der Waals surface area (Å²) in [5.74, 6) is 0.523. The van der Waals surface area contributed by atoms with Crippen LogP contribution in [0.2, 0.25) is 0 Å². The SMILES string of the molecule is N=C1C=CC(c2ccccc2)CC1. The van der Waals surface area contributed by atoms with E-state index in [4.69, 9.17) is 5.41 Å². The first-order chi connectivity index (χ1) is 6.36. The van der Waals surface area contributed by atoms with E-state index >= 15 is 0 Å². The number of allylic oxidation sites excluding steroid dienone is 2. The smallest absolute Gasteiger partial charge is 0.0311 e. The van der Waals surface area contributed by atoms with Gasteiger partial charge in [0.15, 0.2) is 0 Å². The molecule has 1 aromatic rings. The van der Waals surface area contributed by atoms with E-state index < -0.39 is 0 Å². The second-order valence-corrected chi connectivity index (χ2v) is 3.44. The average Bonchev–Trinajstić information content (AvgIpc) is 2.20. The Labute approximate surface area is 78.6 Å². The summed E-state index contributed by atoms with van der Waals surface area (Å²) in [5.41, 5.74) is 2.12. The molecular weight excluding hydrogens is 158 g/mol. The zero-order valence-electron chi connectivity index (χ0n) is 7.53. The molecule has 0 saturated carbocycles. The molecule has 66 valence electrons. The van der Waals surface area contributed by atoms with Crippen molar-refractivity contribution in [2.24, 2.45) is 0 Å². The molecule has 0 aliphatic heterocycles. The zero-order valence-corrected chi connectivity index (χ0v) is 7.53. The van der Waals surface area contributed by atoms with Crippen molar-refractivity contribution < 1.29 is 0 Å². The second kappa shape index (κ2) is 3.56. The average molecular weight is 171 g/mol. The summed E-state index contributed by atoms with van der Waals surface area (Å²) >= 11 is 0. The molecule has 13 heavy (non-hydrogen) atoms. The lowest BCUT2D eigenvalue weighted by molar-refractivity contribution is 0.753. The molecule has 0 amide bonds. The quantitative estimate of drug-likeness (QED) is 0.671. The standard InChI is InChI=1S/C12H13N/c13-12-8-6-11(7-9-12)10-4-2-1-3-5-10/h1-6,8,11,13H,7,9H2. The highest BCUT2D eigenvalue weighted by molar-refractivity contribution is 5.93. The topological polar surface area (TPSA) is 23.9 Å². The minimum atomic E-state index is 0.523. The van der Waals surface area contributed by atoms with Crippen LogP contribution >= 0.6 is 0 Å². The van der Waals surface area contributed by atoms with Crippen LogP contribution in [-0.2, 0) is 0 Å². The largest absolute Gasteiger partial charge is 0.305 e. The lowest BCUT2D eigenvalue weighted by Gasteiger charge is -2.16. The van der Waals surface area contributed by atoms with Crippen molar-refractivity contribution in [3.8, 4) is 0 Å². The summed E-state index contributed by atoms with van der Waals surface area (Å²) in [4.78, 5) is 0. The fourth-order valence-corrected chi connectivity index (χ4v) is 1.70. The Kier molecular flexibility index (Phi) is 2.26. The number of nitrogens with one attached hydrogen (secondary N) is 1. The van der Waals surface area contributed by atoms with Gasteiger partial charge in [-0.3, -0.25) is 0 Å². The first-order valence-electron chi connectivity index (χ1n) is 4.67. The highest BCUT2D eigenvalue weighted by Gasteiger charge is 2.11. The van der Waals surface area contributed by atoms with Gasteiger partial charge in [0.1, 0.15) is 0 Å². The third-order valence-corrected chi connectivity index (χ3v) is 2.48. The molecule has 0 spiro atoms. The first kappa shape index (κ1) is 8.24. The van der Waals surface area contributed by atoms with Gasteiger partial charge >= 0.3 is 0 Å². The van der Waals surface area contributed by atoms with E-state index in [-0.39, 0.29) is 0 Å². The van der Waals surface area contributed by atoms with Gasteiger partial charge < -0.3 is 5.41 Å². The van der Waals surface area contributed by atoms with Crippen LogP contribution in [0.15, 0.2) is 42.5 Å². The van der Waals surface area contributed by atoms with Crippen molar-refractivity contribution in [1.82, 2.24) is 0 Å². The van der Waals surface area contributed by atoms with Crippen LogP contribution in [0.1, 0.15) is 24.3 Å². The zero-order chi connectivity index (χ0) is 9.10. The van der Waals surface area contributed by atoms with Gasteiger partial charge in [-0.05, 0) is 24.5 Å². The summed E-state index contributed by atoms with van der Waals surface area (Å²) in [7, 11) is 0. The van der Waals surface area contributed by atoms with E-state index in [0.29, 0.717) is 5.92 Å². The van der Waals surface area contributed by atoms with Gasteiger partial charge in [-0.15, -0.1) is 0 Å². The highest BCUT2D eigenvalue weighted by Crippen LogP contribution is 2.25. The molecule has 0 bridgehead atoms. The van der Waals surface area contributed by atoms with E-state index in [2.05, 4.69) is 30.3 Å². The number of hydrogen-bond acceptors (Lipinski definition) is 1. The number of hydrogen-bond donors (Lipinski definition) is 1. The van der Waals surface area contributed by atoms with Gasteiger partial charge in [0.05, 0.1) is 0 Å². The Morgan fingerprint density at radius 1 is 1.15 bits per heavy atom. The lowest BCUT2D eigenvalue weighted by atomic mass is 9.89. The summed E-state index contributed by atoms with van der Waals surface area (Å²) in [5, 5.41) is 7.45. The molecule has 0 radical (unpaired) electrons. The van der Waals surface area contributed by atoms with E-state index in [1.807, 2.05) is 12.1 Å². The first-order valence-corrected chi connectivity index (χ1v) is 4.67. The number of benzene rings is 1. The predicted molar refractivity (Wildman–Crippen MR) is 55.3 cm³/mol. The van der Waals surface area contributed by atoms with Crippen molar-refractivity contribution in [1.29, 1.82) is 5.41 Å². The van der Waals surface area contributed by atoms with Gasteiger partial charge in [0.2, 0.25) is 0 Å². The Morgan fingerprint density at radius 3 is 2.54 bits per heavy atom. The van der Waals surface area contributed by atoms with Gasteiger partial charge in [-0.25, -0.2) is 0 Å². The van der Waals surface area contributed by atoms with Crippen molar-refractivity contribution in [3.05, 3.63) is 48.0 Å². The molecule has 0 aromatic heterocycles. The molecule has 0 saturated heterocycles. The Balaban J connectivity index is 2.20. The van der Waals surface area contributed by atoms with Crippen molar-refractivity contribution >= 4 is 5.71 Å². The monoisotopic (exact) mass is 171 g/mol. The molecule has 1 heteroatoms. The van der Waals surface area contributed by atoms with E-state index in [9.17, 15) is 0 Å². The van der Waals surface area contributed by atoms with Crippen LogP contribution in [0, 0.1) is 5.41 Å². The lowest BCUT2D eigenvalue weighted by Crippen LogP contribution is -2.05. The van der Waals surface area contributed by atoms with E-state index in [1.165, 1.54) is 5.56 Å². The molecule has 2 rings (SSSR count). The van der Waals surface area contributed by atoms with E-state index in [0.717, 1.165) is 18.6 Å². The number of rotatable bonds is 1. The molecule has 0 fully saturated rings. The Morgan fingerprint density at radius 2 is 1.92 bits per heavy atom. The summed E-state index contributed by atoms with van der Waals surface area (Å²) in [6.07, 6.45) is 6.07. The van der Waals surface area contributed by atoms with Crippen LogP contribution in [0.25, 0.3) is 0 Å². The Hall–Kier alpha value is -1.37. The second-order valence-electron chi connectivity index (χ2n) is 3.44. The van der Waals surface area contributed by atoms with Gasteiger partial charge in [-0.2, -0.15) is 0 Å². The maximum Gasteiger partial charge on any atom is 0.0311 e. The van der Waals surface area contributed by atoms with Crippen LogP contribution < -0.4 is 0 Å². The third-order valence-electron chi connectivity index (χ3n) is 2.48. The maximum absolute atomic E-state index is 7.45. The molecule has 1 unspecified atom stereocenters. The molecule has 0 heterocycles. The minimum absolute atomic E-state index is 0.523. The van der Waals surface area contributed by atoms with Crippen LogP contribution in [-0.4, -0.2) is 5.71 Å². The van der Waals surface area contributed by atoms with Crippen molar-refractivity contribution in [3.63, 3.8) is 0 Å². The molecule has 1 aliphatic rings. The highest BCUT2D eigenvalue weighted by atomic mass is 14.4. The minimum Gasteiger partial charge on any atom is -0.305 e. The fourth-order valence-electron chi connectivity index (χ4n) is 1.70. The fraction of sp³-hybridized carbons (Fsp3) is 0.250. The molecule has 1 N–H and O–H groups in total. The van der Waals surface area contributed by atoms with Crippen molar-refractivity contribution in [2.45, 2.75) is 18.8 Å². The van der Waals surface area contributed by atoms with Gasteiger partial charge in [-0.1, -0.05) is 36.4 Å². The van der Waals surface area contributed by atoms with Crippen LogP contribution in [0.5, 0.6) is 0 Å². The summed E-state index contributed by atoms with van der Waals surface area (Å²) in [6.45, 7) is 0. The predicted octanol–water partition coefficient (Wildman–Crippen LogP) is 3.14. The third kappa shape index (κ3) is 1.86. The molecule has 1 atom stereocenters. The molecule has 1 nitrogen and oxygen atoms in total. The van der Waals surface area contributed by atoms with Crippen LogP contribution in [0.3, 0.4) is 0 Å². The van der Waals surface area contributed by atoms with E-state index in [1.54, 1.807) is 0 Å². The van der Waals surface area contributed by atoms with Gasteiger partial charge in [0.25, 0.3) is 0 Å². The summed E-state index contributed by atoms with van der Waals surface area (Å²) < 4.78 is 0. The molecule has 1 aromatic carbocycles. The summed E-state index contributed by atoms with van der Waals surface area (Å²) in [6, 6.07) is 10.5. The van der Waals surface area contributed by atoms with Gasteiger partial charge in [0, 0.05) is 11.6 Å².